The van der Waals surface area contributed by atoms with Gasteiger partial charge in [0, 0.05) is 56.4 Å². The Morgan fingerprint density at radius 1 is 0.917 bits per heavy atom. The number of ketones is 1. The molecule has 7 heteroatoms. The van der Waals surface area contributed by atoms with E-state index in [0.717, 1.165) is 43.0 Å². The van der Waals surface area contributed by atoms with Crippen LogP contribution in [-0.2, 0) is 16.0 Å². The van der Waals surface area contributed by atoms with Crippen LogP contribution in [-0.4, -0.2) is 59.9 Å². The fourth-order valence-electron chi connectivity index (χ4n) is 4.94. The molecule has 3 aromatic rings. The summed E-state index contributed by atoms with van der Waals surface area (Å²) in [7, 11) is 2.12. The number of hydrogen-bond donors (Lipinski definition) is 1. The van der Waals surface area contributed by atoms with Crippen molar-refractivity contribution in [2.75, 3.05) is 43.0 Å². The predicted molar refractivity (Wildman–Crippen MR) is 140 cm³/mol. The van der Waals surface area contributed by atoms with Crippen LogP contribution in [0, 0.1) is 0 Å². The van der Waals surface area contributed by atoms with Crippen molar-refractivity contribution >= 4 is 23.1 Å². The zero-order valence-corrected chi connectivity index (χ0v) is 20.4. The van der Waals surface area contributed by atoms with Crippen molar-refractivity contribution in [1.29, 1.82) is 0 Å². The molecule has 0 aliphatic carbocycles. The molecule has 1 saturated heterocycles. The van der Waals surface area contributed by atoms with Gasteiger partial charge in [-0.05, 0) is 61.0 Å². The molecule has 1 atom stereocenters. The van der Waals surface area contributed by atoms with Crippen LogP contribution in [0.2, 0.25) is 0 Å². The molecule has 0 radical (unpaired) electrons. The number of Topliss-reactive ketones (excluding diaryl/α,β-unsaturated/α-hetero) is 1. The van der Waals surface area contributed by atoms with Crippen molar-refractivity contribution < 1.29 is 14.7 Å². The second-order valence-electron chi connectivity index (χ2n) is 9.34. The van der Waals surface area contributed by atoms with Crippen LogP contribution in [0.5, 0.6) is 0 Å². The molecule has 2 aliphatic heterocycles. The van der Waals surface area contributed by atoms with Gasteiger partial charge in [0.25, 0.3) is 5.91 Å². The van der Waals surface area contributed by atoms with E-state index in [-0.39, 0.29) is 17.8 Å². The first-order chi connectivity index (χ1) is 17.5. The SMILES string of the molecule is CN1CCN(c2ccc(N3C(=O)C(O)=C(C(=O)CCc4ccccc4)C3c3ccncc3)cc2)CC1. The minimum atomic E-state index is -0.710. The highest BCUT2D eigenvalue weighted by Gasteiger charge is 2.44. The lowest BCUT2D eigenvalue weighted by Crippen LogP contribution is -2.44. The van der Waals surface area contributed by atoms with E-state index in [9.17, 15) is 14.7 Å². The van der Waals surface area contributed by atoms with E-state index in [1.807, 2.05) is 54.6 Å². The van der Waals surface area contributed by atoms with Gasteiger partial charge in [-0.3, -0.25) is 19.5 Å². The summed E-state index contributed by atoms with van der Waals surface area (Å²) < 4.78 is 0. The van der Waals surface area contributed by atoms with E-state index in [0.29, 0.717) is 12.1 Å². The number of aliphatic hydroxyl groups is 1. The first kappa shape index (κ1) is 23.8. The zero-order valence-electron chi connectivity index (χ0n) is 20.4. The van der Waals surface area contributed by atoms with Gasteiger partial charge in [-0.2, -0.15) is 0 Å². The number of carbonyl (C=O) groups excluding carboxylic acids is 2. The number of anilines is 2. The molecule has 1 amide bonds. The lowest BCUT2D eigenvalue weighted by molar-refractivity contribution is -0.118. The molecule has 7 nitrogen and oxygen atoms in total. The predicted octanol–water partition coefficient (Wildman–Crippen LogP) is 3.94. The van der Waals surface area contributed by atoms with Crippen molar-refractivity contribution in [2.24, 2.45) is 0 Å². The smallest absolute Gasteiger partial charge is 0.294 e. The molecule has 0 bridgehead atoms. The summed E-state index contributed by atoms with van der Waals surface area (Å²) in [5, 5.41) is 10.9. The van der Waals surface area contributed by atoms with E-state index >= 15 is 0 Å². The molecule has 36 heavy (non-hydrogen) atoms. The molecule has 0 spiro atoms. The third-order valence-electron chi connectivity index (χ3n) is 7.01. The van der Waals surface area contributed by atoms with Crippen LogP contribution in [0.4, 0.5) is 11.4 Å². The molecule has 2 aliphatic rings. The standard InChI is InChI=1S/C29H30N4O3/c1-31-17-19-32(20-18-31)23-8-10-24(11-9-23)33-27(22-13-15-30-16-14-22)26(28(35)29(33)36)25(34)12-7-21-5-3-2-4-6-21/h2-6,8-11,13-16,27,35H,7,12,17-20H2,1H3. The Hall–Kier alpha value is -3.97. The Labute approximate surface area is 211 Å². The van der Waals surface area contributed by atoms with Gasteiger partial charge >= 0.3 is 0 Å². The number of aromatic nitrogens is 1. The first-order valence-corrected chi connectivity index (χ1v) is 12.3. The maximum atomic E-state index is 13.4. The number of aliphatic hydroxyl groups excluding tert-OH is 1. The fraction of sp³-hybridized carbons (Fsp3) is 0.276. The lowest BCUT2D eigenvalue weighted by atomic mass is 9.93. The number of aryl methyl sites for hydroxylation is 1. The first-order valence-electron chi connectivity index (χ1n) is 12.3. The van der Waals surface area contributed by atoms with E-state index in [1.54, 1.807) is 24.5 Å². The molecule has 1 fully saturated rings. The topological polar surface area (TPSA) is 77.0 Å². The number of carbonyl (C=O) groups is 2. The van der Waals surface area contributed by atoms with E-state index in [2.05, 4.69) is 21.8 Å². The quantitative estimate of drug-likeness (QED) is 0.550. The highest BCUT2D eigenvalue weighted by Crippen LogP contribution is 2.41. The maximum Gasteiger partial charge on any atom is 0.294 e. The number of benzene rings is 2. The van der Waals surface area contributed by atoms with Gasteiger partial charge in [-0.1, -0.05) is 30.3 Å². The van der Waals surface area contributed by atoms with Crippen LogP contribution < -0.4 is 9.80 Å². The summed E-state index contributed by atoms with van der Waals surface area (Å²) in [5.41, 5.74) is 3.64. The third kappa shape index (κ3) is 4.75. The van der Waals surface area contributed by atoms with Gasteiger partial charge in [-0.25, -0.2) is 0 Å². The van der Waals surface area contributed by atoms with Gasteiger partial charge in [0.15, 0.2) is 11.5 Å². The number of pyridine rings is 1. The number of piperazine rings is 1. The van der Waals surface area contributed by atoms with E-state index in [4.69, 9.17) is 0 Å². The molecule has 1 unspecified atom stereocenters. The lowest BCUT2D eigenvalue weighted by Gasteiger charge is -2.34. The molecule has 1 aromatic heterocycles. The Morgan fingerprint density at radius 2 is 1.56 bits per heavy atom. The highest BCUT2D eigenvalue weighted by atomic mass is 16.3. The van der Waals surface area contributed by atoms with Gasteiger partial charge in [0.05, 0.1) is 11.6 Å². The Balaban J connectivity index is 1.43. The zero-order chi connectivity index (χ0) is 25.1. The summed E-state index contributed by atoms with van der Waals surface area (Å²) in [6, 6.07) is 20.4. The minimum absolute atomic E-state index is 0.144. The molecule has 3 heterocycles. The Bertz CT molecular complexity index is 1250. The molecule has 5 rings (SSSR count). The second-order valence-corrected chi connectivity index (χ2v) is 9.34. The maximum absolute atomic E-state index is 13.4. The van der Waals surface area contributed by atoms with Crippen molar-refractivity contribution in [2.45, 2.75) is 18.9 Å². The number of likely N-dealkylation sites (N-methyl/N-ethyl adjacent to an activating group) is 1. The number of amides is 1. The number of nitrogens with zero attached hydrogens (tertiary/aromatic N) is 4. The average molecular weight is 483 g/mol. The van der Waals surface area contributed by atoms with Crippen LogP contribution in [0.3, 0.4) is 0 Å². The third-order valence-corrected chi connectivity index (χ3v) is 7.01. The summed E-state index contributed by atoms with van der Waals surface area (Å²) in [5.74, 6) is -1.27. The molecular weight excluding hydrogens is 452 g/mol. The van der Waals surface area contributed by atoms with Crippen molar-refractivity contribution in [3.8, 4) is 0 Å². The van der Waals surface area contributed by atoms with Gasteiger partial charge < -0.3 is 14.9 Å². The average Bonchev–Trinajstić information content (AvgIpc) is 3.19. The fourth-order valence-corrected chi connectivity index (χ4v) is 4.94. The van der Waals surface area contributed by atoms with E-state index in [1.165, 1.54) is 4.90 Å². The Kier molecular flexibility index (Phi) is 6.82. The summed E-state index contributed by atoms with van der Waals surface area (Å²) in [6.45, 7) is 3.90. The molecule has 1 N–H and O–H groups in total. The largest absolute Gasteiger partial charge is 0.503 e. The number of rotatable bonds is 7. The summed E-state index contributed by atoms with van der Waals surface area (Å²) >= 11 is 0. The van der Waals surface area contributed by atoms with Gasteiger partial charge in [-0.15, -0.1) is 0 Å². The van der Waals surface area contributed by atoms with Crippen LogP contribution in [0.1, 0.15) is 23.6 Å². The van der Waals surface area contributed by atoms with Crippen molar-refractivity contribution in [3.05, 3.63) is 102 Å². The van der Waals surface area contributed by atoms with E-state index < -0.39 is 17.7 Å². The Morgan fingerprint density at radius 3 is 2.22 bits per heavy atom. The van der Waals surface area contributed by atoms with Gasteiger partial charge in [0.2, 0.25) is 0 Å². The summed E-state index contributed by atoms with van der Waals surface area (Å²) in [6.07, 6.45) is 4.01. The molecule has 184 valence electrons. The minimum Gasteiger partial charge on any atom is -0.503 e. The van der Waals surface area contributed by atoms with Crippen LogP contribution in [0.25, 0.3) is 0 Å². The highest BCUT2D eigenvalue weighted by molar-refractivity contribution is 6.16. The van der Waals surface area contributed by atoms with Gasteiger partial charge in [0.1, 0.15) is 0 Å². The van der Waals surface area contributed by atoms with Crippen LogP contribution in [0.15, 0.2) is 90.5 Å². The molecular formula is C29H30N4O3. The normalized spacial score (nSPS) is 18.7. The molecule has 2 aromatic carbocycles. The van der Waals surface area contributed by atoms with Crippen molar-refractivity contribution in [3.63, 3.8) is 0 Å². The van der Waals surface area contributed by atoms with Crippen molar-refractivity contribution in [1.82, 2.24) is 9.88 Å². The second kappa shape index (κ2) is 10.3. The summed E-state index contributed by atoms with van der Waals surface area (Å²) in [4.78, 5) is 37.0. The number of hydrogen-bond acceptors (Lipinski definition) is 6. The monoisotopic (exact) mass is 482 g/mol. The molecule has 0 saturated carbocycles. The van der Waals surface area contributed by atoms with Crippen LogP contribution >= 0.6 is 0 Å².